The average molecular weight is 311 g/mol. The Morgan fingerprint density at radius 1 is 1.38 bits per heavy atom. The number of thiazole rings is 1. The second-order valence-corrected chi connectivity index (χ2v) is 7.44. The highest BCUT2D eigenvalue weighted by Gasteiger charge is 2.28. The third-order valence-corrected chi connectivity index (χ3v) is 3.61. The minimum Gasteiger partial charge on any atom is -0.333 e. The zero-order chi connectivity index (χ0) is 16.0. The van der Waals surface area contributed by atoms with Crippen LogP contribution >= 0.6 is 11.3 Å². The van der Waals surface area contributed by atoms with Gasteiger partial charge in [-0.3, -0.25) is 9.59 Å². The van der Waals surface area contributed by atoms with Crippen LogP contribution in [0.2, 0.25) is 0 Å². The molecule has 0 saturated carbocycles. The lowest BCUT2D eigenvalue weighted by Gasteiger charge is -2.29. The molecular formula is C15H25N3O2S. The van der Waals surface area contributed by atoms with Crippen LogP contribution in [-0.4, -0.2) is 34.8 Å². The Balaban J connectivity index is 2.67. The summed E-state index contributed by atoms with van der Waals surface area (Å²) in [5.74, 6) is 0.283. The lowest BCUT2D eigenvalue weighted by molar-refractivity contribution is -0.142. The van der Waals surface area contributed by atoms with E-state index in [0.717, 1.165) is 6.42 Å². The standard InChI is InChI=1S/C15H25N3O2S/c1-11(2)6-8-18(13(20)15(3,4)5)10-12(19)17-14-16-7-9-21-14/h7,9,11H,6,8,10H2,1-5H3,(H,16,17,19). The number of rotatable bonds is 6. The fraction of sp³-hybridized carbons (Fsp3) is 0.667. The van der Waals surface area contributed by atoms with E-state index in [1.54, 1.807) is 16.5 Å². The zero-order valence-corrected chi connectivity index (χ0v) is 14.3. The number of amides is 2. The van der Waals surface area contributed by atoms with E-state index in [4.69, 9.17) is 0 Å². The maximum atomic E-state index is 12.4. The van der Waals surface area contributed by atoms with Gasteiger partial charge in [0.2, 0.25) is 11.8 Å². The average Bonchev–Trinajstić information content (AvgIpc) is 2.84. The Morgan fingerprint density at radius 3 is 2.52 bits per heavy atom. The molecule has 0 aliphatic carbocycles. The minimum atomic E-state index is -0.488. The van der Waals surface area contributed by atoms with Crippen LogP contribution in [0, 0.1) is 11.3 Å². The summed E-state index contributed by atoms with van der Waals surface area (Å²) >= 11 is 1.36. The monoisotopic (exact) mass is 311 g/mol. The molecule has 0 fully saturated rings. The summed E-state index contributed by atoms with van der Waals surface area (Å²) in [5.41, 5.74) is -0.488. The van der Waals surface area contributed by atoms with E-state index in [-0.39, 0.29) is 18.4 Å². The molecule has 0 bridgehead atoms. The SMILES string of the molecule is CC(C)CCN(CC(=O)Nc1nccs1)C(=O)C(C)(C)C. The van der Waals surface area contributed by atoms with Gasteiger partial charge in [0.15, 0.2) is 5.13 Å². The van der Waals surface area contributed by atoms with E-state index in [1.165, 1.54) is 11.3 Å². The van der Waals surface area contributed by atoms with E-state index in [9.17, 15) is 9.59 Å². The number of anilines is 1. The molecule has 1 N–H and O–H groups in total. The number of nitrogens with one attached hydrogen (secondary N) is 1. The zero-order valence-electron chi connectivity index (χ0n) is 13.5. The number of carbonyl (C=O) groups excluding carboxylic acids is 2. The van der Waals surface area contributed by atoms with Gasteiger partial charge in [-0.05, 0) is 12.3 Å². The lowest BCUT2D eigenvalue weighted by Crippen LogP contribution is -2.44. The van der Waals surface area contributed by atoms with E-state index in [1.807, 2.05) is 20.8 Å². The van der Waals surface area contributed by atoms with E-state index < -0.39 is 5.41 Å². The Labute approximate surface area is 130 Å². The summed E-state index contributed by atoms with van der Waals surface area (Å²) in [6, 6.07) is 0. The van der Waals surface area contributed by atoms with E-state index in [0.29, 0.717) is 17.6 Å². The number of nitrogens with zero attached hydrogens (tertiary/aromatic N) is 2. The summed E-state index contributed by atoms with van der Waals surface area (Å²) in [6.07, 6.45) is 2.52. The normalized spacial score (nSPS) is 11.5. The molecule has 1 aromatic heterocycles. The molecule has 5 nitrogen and oxygen atoms in total. The molecule has 0 aliphatic heterocycles. The molecule has 21 heavy (non-hydrogen) atoms. The van der Waals surface area contributed by atoms with Gasteiger partial charge in [-0.2, -0.15) is 0 Å². The number of hydrogen-bond acceptors (Lipinski definition) is 4. The molecule has 0 radical (unpaired) electrons. The van der Waals surface area contributed by atoms with Gasteiger partial charge in [0.25, 0.3) is 0 Å². The third kappa shape index (κ3) is 6.25. The van der Waals surface area contributed by atoms with Gasteiger partial charge in [0, 0.05) is 23.5 Å². The van der Waals surface area contributed by atoms with Crippen LogP contribution in [0.5, 0.6) is 0 Å². The maximum absolute atomic E-state index is 12.4. The molecule has 0 spiro atoms. The predicted octanol–water partition coefficient (Wildman–Crippen LogP) is 3.00. The highest BCUT2D eigenvalue weighted by atomic mass is 32.1. The first-order valence-corrected chi connectivity index (χ1v) is 8.07. The summed E-state index contributed by atoms with van der Waals surface area (Å²) in [7, 11) is 0. The van der Waals surface area contributed by atoms with Crippen molar-refractivity contribution in [3.05, 3.63) is 11.6 Å². The van der Waals surface area contributed by atoms with Crippen molar-refractivity contribution in [3.63, 3.8) is 0 Å². The molecule has 0 aliphatic rings. The largest absolute Gasteiger partial charge is 0.333 e. The van der Waals surface area contributed by atoms with E-state index >= 15 is 0 Å². The fourth-order valence-electron chi connectivity index (χ4n) is 1.76. The number of hydrogen-bond donors (Lipinski definition) is 1. The third-order valence-electron chi connectivity index (χ3n) is 2.92. The Hall–Kier alpha value is -1.43. The van der Waals surface area contributed by atoms with Crippen molar-refractivity contribution in [1.82, 2.24) is 9.88 Å². The molecule has 1 aromatic rings. The van der Waals surface area contributed by atoms with Gasteiger partial charge in [-0.15, -0.1) is 11.3 Å². The first-order chi connectivity index (χ1) is 9.70. The molecule has 1 heterocycles. The topological polar surface area (TPSA) is 62.3 Å². The Morgan fingerprint density at radius 2 is 2.05 bits per heavy atom. The quantitative estimate of drug-likeness (QED) is 0.878. The van der Waals surface area contributed by atoms with Crippen molar-refractivity contribution < 1.29 is 9.59 Å². The van der Waals surface area contributed by atoms with E-state index in [2.05, 4.69) is 24.1 Å². The highest BCUT2D eigenvalue weighted by molar-refractivity contribution is 7.13. The summed E-state index contributed by atoms with van der Waals surface area (Å²) in [6.45, 7) is 10.5. The first kappa shape index (κ1) is 17.6. The van der Waals surface area contributed by atoms with Gasteiger partial charge in [-0.1, -0.05) is 34.6 Å². The summed E-state index contributed by atoms with van der Waals surface area (Å²) < 4.78 is 0. The van der Waals surface area contributed by atoms with Crippen LogP contribution in [0.3, 0.4) is 0 Å². The van der Waals surface area contributed by atoms with Gasteiger partial charge in [-0.25, -0.2) is 4.98 Å². The molecular weight excluding hydrogens is 286 g/mol. The molecule has 118 valence electrons. The van der Waals surface area contributed by atoms with Crippen LogP contribution in [0.15, 0.2) is 11.6 Å². The van der Waals surface area contributed by atoms with Crippen molar-refractivity contribution in [3.8, 4) is 0 Å². The molecule has 0 aromatic carbocycles. The van der Waals surface area contributed by atoms with Gasteiger partial charge < -0.3 is 10.2 Å². The smallest absolute Gasteiger partial charge is 0.245 e. The molecule has 0 atom stereocenters. The molecule has 6 heteroatoms. The maximum Gasteiger partial charge on any atom is 0.245 e. The van der Waals surface area contributed by atoms with Crippen LogP contribution < -0.4 is 5.32 Å². The van der Waals surface area contributed by atoms with Crippen molar-refractivity contribution in [2.24, 2.45) is 11.3 Å². The minimum absolute atomic E-state index is 0.00237. The summed E-state index contributed by atoms with van der Waals surface area (Å²) in [4.78, 5) is 30.2. The molecule has 2 amide bonds. The molecule has 0 saturated heterocycles. The fourth-order valence-corrected chi connectivity index (χ4v) is 2.30. The van der Waals surface area contributed by atoms with Gasteiger partial charge in [0.1, 0.15) is 0 Å². The molecule has 0 unspecified atom stereocenters. The second kappa shape index (κ2) is 7.54. The Kier molecular flexibility index (Phi) is 6.33. The Bertz CT molecular complexity index is 464. The van der Waals surface area contributed by atoms with Crippen LogP contribution in [-0.2, 0) is 9.59 Å². The lowest BCUT2D eigenvalue weighted by atomic mass is 9.94. The second-order valence-electron chi connectivity index (χ2n) is 6.54. The van der Waals surface area contributed by atoms with Crippen molar-refractivity contribution in [1.29, 1.82) is 0 Å². The van der Waals surface area contributed by atoms with Crippen LogP contribution in [0.1, 0.15) is 41.0 Å². The van der Waals surface area contributed by atoms with Crippen LogP contribution in [0.4, 0.5) is 5.13 Å². The number of carbonyl (C=O) groups is 2. The number of aromatic nitrogens is 1. The molecule has 1 rings (SSSR count). The van der Waals surface area contributed by atoms with Crippen LogP contribution in [0.25, 0.3) is 0 Å². The van der Waals surface area contributed by atoms with Gasteiger partial charge in [0.05, 0.1) is 6.54 Å². The van der Waals surface area contributed by atoms with Crippen molar-refractivity contribution in [2.45, 2.75) is 41.0 Å². The first-order valence-electron chi connectivity index (χ1n) is 7.19. The van der Waals surface area contributed by atoms with Crippen molar-refractivity contribution in [2.75, 3.05) is 18.4 Å². The highest BCUT2D eigenvalue weighted by Crippen LogP contribution is 2.18. The summed E-state index contributed by atoms with van der Waals surface area (Å²) in [5, 5.41) is 5.08. The van der Waals surface area contributed by atoms with Crippen molar-refractivity contribution >= 4 is 28.3 Å². The predicted molar refractivity (Wildman–Crippen MR) is 86.2 cm³/mol. The van der Waals surface area contributed by atoms with Gasteiger partial charge >= 0.3 is 0 Å².